The average Bonchev–Trinajstić information content (AvgIpc) is 2.09. The largest absolute Gasteiger partial charge is 0.329 e. The molecule has 1 unspecified atom stereocenters. The van der Waals surface area contributed by atoms with E-state index in [9.17, 15) is 0 Å². The fourth-order valence-electron chi connectivity index (χ4n) is 1.84. The van der Waals surface area contributed by atoms with E-state index in [0.29, 0.717) is 0 Å². The standard InChI is InChI=1S/C9H21N3/c1-3-9-8-12(5-4-10)7-6-11(9)2/h9H,3-8,10H2,1-2H3. The third-order valence-corrected chi connectivity index (χ3v) is 2.78. The molecule has 0 amide bonds. The van der Waals surface area contributed by atoms with Crippen molar-refractivity contribution in [2.75, 3.05) is 39.8 Å². The van der Waals surface area contributed by atoms with Gasteiger partial charge in [-0.1, -0.05) is 6.92 Å². The van der Waals surface area contributed by atoms with Crippen molar-refractivity contribution in [3.05, 3.63) is 0 Å². The van der Waals surface area contributed by atoms with Crippen LogP contribution in [0.4, 0.5) is 0 Å². The molecule has 0 aromatic carbocycles. The summed E-state index contributed by atoms with van der Waals surface area (Å²) in [6, 6.07) is 0.741. The summed E-state index contributed by atoms with van der Waals surface area (Å²) in [6.07, 6.45) is 1.25. The smallest absolute Gasteiger partial charge is 0.0218 e. The molecule has 0 radical (unpaired) electrons. The highest BCUT2D eigenvalue weighted by atomic mass is 15.3. The maximum absolute atomic E-state index is 5.53. The van der Waals surface area contributed by atoms with Gasteiger partial charge in [0.15, 0.2) is 0 Å². The zero-order valence-electron chi connectivity index (χ0n) is 8.29. The maximum atomic E-state index is 5.53. The number of hydrogen-bond donors (Lipinski definition) is 1. The second-order valence-corrected chi connectivity index (χ2v) is 3.63. The van der Waals surface area contributed by atoms with Gasteiger partial charge in [-0.25, -0.2) is 0 Å². The lowest BCUT2D eigenvalue weighted by Crippen LogP contribution is -2.52. The van der Waals surface area contributed by atoms with Crippen LogP contribution in [0.2, 0.25) is 0 Å². The topological polar surface area (TPSA) is 32.5 Å². The molecule has 0 aromatic heterocycles. The third-order valence-electron chi connectivity index (χ3n) is 2.78. The minimum atomic E-state index is 0.741. The Bertz CT molecular complexity index is 127. The molecule has 1 aliphatic heterocycles. The van der Waals surface area contributed by atoms with E-state index >= 15 is 0 Å². The first-order valence-corrected chi connectivity index (χ1v) is 4.90. The van der Waals surface area contributed by atoms with E-state index in [-0.39, 0.29) is 0 Å². The second kappa shape index (κ2) is 4.80. The van der Waals surface area contributed by atoms with Gasteiger partial charge in [-0.3, -0.25) is 4.90 Å². The average molecular weight is 171 g/mol. The molecule has 0 aromatic rings. The Morgan fingerprint density at radius 2 is 2.17 bits per heavy atom. The van der Waals surface area contributed by atoms with Crippen molar-refractivity contribution < 1.29 is 0 Å². The van der Waals surface area contributed by atoms with Gasteiger partial charge < -0.3 is 10.6 Å². The van der Waals surface area contributed by atoms with Gasteiger partial charge >= 0.3 is 0 Å². The normalized spacial score (nSPS) is 27.8. The maximum Gasteiger partial charge on any atom is 0.0218 e. The minimum absolute atomic E-state index is 0.741. The highest BCUT2D eigenvalue weighted by Gasteiger charge is 2.21. The third kappa shape index (κ3) is 2.44. The van der Waals surface area contributed by atoms with Crippen molar-refractivity contribution in [1.82, 2.24) is 9.80 Å². The van der Waals surface area contributed by atoms with Crippen LogP contribution in [0.5, 0.6) is 0 Å². The van der Waals surface area contributed by atoms with Crippen molar-refractivity contribution in [2.45, 2.75) is 19.4 Å². The Kier molecular flexibility index (Phi) is 3.98. The van der Waals surface area contributed by atoms with Crippen LogP contribution in [0, 0.1) is 0 Å². The predicted octanol–water partition coefficient (Wildman–Crippen LogP) is -0.0289. The van der Waals surface area contributed by atoms with E-state index in [1.54, 1.807) is 0 Å². The summed E-state index contributed by atoms with van der Waals surface area (Å²) in [4.78, 5) is 4.92. The van der Waals surface area contributed by atoms with Crippen molar-refractivity contribution in [1.29, 1.82) is 0 Å². The molecule has 0 bridgehead atoms. The molecule has 0 saturated carbocycles. The summed E-state index contributed by atoms with van der Waals surface area (Å²) in [5, 5.41) is 0. The zero-order chi connectivity index (χ0) is 8.97. The molecule has 1 atom stereocenters. The lowest BCUT2D eigenvalue weighted by atomic mass is 10.1. The van der Waals surface area contributed by atoms with Crippen LogP contribution >= 0.6 is 0 Å². The van der Waals surface area contributed by atoms with Crippen LogP contribution in [-0.4, -0.2) is 55.6 Å². The number of piperazine rings is 1. The highest BCUT2D eigenvalue weighted by Crippen LogP contribution is 2.09. The van der Waals surface area contributed by atoms with Crippen LogP contribution < -0.4 is 5.73 Å². The number of rotatable bonds is 3. The van der Waals surface area contributed by atoms with E-state index in [1.807, 2.05) is 0 Å². The van der Waals surface area contributed by atoms with Gasteiger partial charge in [0, 0.05) is 38.8 Å². The second-order valence-electron chi connectivity index (χ2n) is 3.63. The predicted molar refractivity (Wildman–Crippen MR) is 52.2 cm³/mol. The molecule has 72 valence electrons. The van der Waals surface area contributed by atoms with Crippen molar-refractivity contribution in [2.24, 2.45) is 5.73 Å². The Morgan fingerprint density at radius 3 is 2.75 bits per heavy atom. The molecule has 1 saturated heterocycles. The van der Waals surface area contributed by atoms with Gasteiger partial charge in [0.1, 0.15) is 0 Å². The van der Waals surface area contributed by atoms with Crippen LogP contribution in [0.1, 0.15) is 13.3 Å². The fraction of sp³-hybridized carbons (Fsp3) is 1.00. The van der Waals surface area contributed by atoms with Crippen LogP contribution in [0.3, 0.4) is 0 Å². The molecule has 1 aliphatic rings. The summed E-state index contributed by atoms with van der Waals surface area (Å²) < 4.78 is 0. The quantitative estimate of drug-likeness (QED) is 0.647. The fourth-order valence-corrected chi connectivity index (χ4v) is 1.84. The number of hydrogen-bond acceptors (Lipinski definition) is 3. The van der Waals surface area contributed by atoms with Crippen LogP contribution in [0.15, 0.2) is 0 Å². The first-order valence-electron chi connectivity index (χ1n) is 4.90. The summed E-state index contributed by atoms with van der Waals surface area (Å²) >= 11 is 0. The molecule has 1 heterocycles. The van der Waals surface area contributed by atoms with Crippen LogP contribution in [-0.2, 0) is 0 Å². The minimum Gasteiger partial charge on any atom is -0.329 e. The van der Waals surface area contributed by atoms with E-state index in [2.05, 4.69) is 23.8 Å². The van der Waals surface area contributed by atoms with E-state index in [0.717, 1.165) is 19.1 Å². The summed E-state index contributed by atoms with van der Waals surface area (Å²) in [6.45, 7) is 7.69. The van der Waals surface area contributed by atoms with E-state index in [4.69, 9.17) is 5.73 Å². The van der Waals surface area contributed by atoms with Crippen molar-refractivity contribution >= 4 is 0 Å². The number of nitrogens with zero attached hydrogens (tertiary/aromatic N) is 2. The lowest BCUT2D eigenvalue weighted by molar-refractivity contribution is 0.0956. The molecule has 0 spiro atoms. The van der Waals surface area contributed by atoms with E-state index < -0.39 is 0 Å². The van der Waals surface area contributed by atoms with Crippen LogP contribution in [0.25, 0.3) is 0 Å². The van der Waals surface area contributed by atoms with Gasteiger partial charge in [0.25, 0.3) is 0 Å². The number of nitrogens with two attached hydrogens (primary N) is 1. The molecule has 2 N–H and O–H groups in total. The molecule has 0 aliphatic carbocycles. The first kappa shape index (κ1) is 9.96. The molecule has 1 fully saturated rings. The summed E-state index contributed by atoms with van der Waals surface area (Å²) in [5.74, 6) is 0. The summed E-state index contributed by atoms with van der Waals surface area (Å²) in [5.41, 5.74) is 5.53. The Balaban J connectivity index is 2.33. The summed E-state index contributed by atoms with van der Waals surface area (Å²) in [7, 11) is 2.22. The van der Waals surface area contributed by atoms with Crippen molar-refractivity contribution in [3.63, 3.8) is 0 Å². The highest BCUT2D eigenvalue weighted by molar-refractivity contribution is 4.78. The molecular formula is C9H21N3. The van der Waals surface area contributed by atoms with Gasteiger partial charge in [-0.15, -0.1) is 0 Å². The van der Waals surface area contributed by atoms with E-state index in [1.165, 1.54) is 26.1 Å². The Hall–Kier alpha value is -0.120. The SMILES string of the molecule is CCC1CN(CCN)CCN1C. The van der Waals surface area contributed by atoms with Gasteiger partial charge in [0.05, 0.1) is 0 Å². The lowest BCUT2D eigenvalue weighted by Gasteiger charge is -2.38. The van der Waals surface area contributed by atoms with Gasteiger partial charge in [0.2, 0.25) is 0 Å². The molecule has 3 nitrogen and oxygen atoms in total. The van der Waals surface area contributed by atoms with Gasteiger partial charge in [-0.2, -0.15) is 0 Å². The molecule has 1 rings (SSSR count). The van der Waals surface area contributed by atoms with Crippen molar-refractivity contribution in [3.8, 4) is 0 Å². The first-order chi connectivity index (χ1) is 5.77. The molecule has 3 heteroatoms. The Morgan fingerprint density at radius 1 is 1.42 bits per heavy atom. The number of likely N-dealkylation sites (N-methyl/N-ethyl adjacent to an activating group) is 1. The molecule has 12 heavy (non-hydrogen) atoms. The van der Waals surface area contributed by atoms with Gasteiger partial charge in [-0.05, 0) is 13.5 Å². The zero-order valence-corrected chi connectivity index (χ0v) is 8.29. The Labute approximate surface area is 75.5 Å². The molecular weight excluding hydrogens is 150 g/mol. The monoisotopic (exact) mass is 171 g/mol.